The maximum Gasteiger partial charge on any atom is 0.123 e. The summed E-state index contributed by atoms with van der Waals surface area (Å²) in [7, 11) is 0. The van der Waals surface area contributed by atoms with Crippen molar-refractivity contribution in [2.75, 3.05) is 17.7 Å². The number of nitrogens with one attached hydrogen (secondary N) is 1. The molecule has 1 aromatic rings. The molecule has 0 aromatic heterocycles. The molecule has 3 N–H and O–H groups in total. The first-order valence-electron chi connectivity index (χ1n) is 6.99. The molecule has 0 spiro atoms. The molecule has 102 valence electrons. The molecule has 0 fully saturated rings. The summed E-state index contributed by atoms with van der Waals surface area (Å²) in [6, 6.07) is 6.39. The Kier molecular flexibility index (Phi) is 6.40. The van der Waals surface area contributed by atoms with Crippen LogP contribution in [0.25, 0.3) is 0 Å². The van der Waals surface area contributed by atoms with Crippen LogP contribution in [0.5, 0.6) is 5.75 Å². The van der Waals surface area contributed by atoms with Crippen LogP contribution in [0.1, 0.15) is 46.5 Å². The fourth-order valence-electron chi connectivity index (χ4n) is 1.97. The van der Waals surface area contributed by atoms with E-state index in [1.54, 1.807) is 0 Å². The van der Waals surface area contributed by atoms with Gasteiger partial charge < -0.3 is 15.8 Å². The van der Waals surface area contributed by atoms with Gasteiger partial charge in [0, 0.05) is 29.5 Å². The van der Waals surface area contributed by atoms with Gasteiger partial charge in [0.05, 0.1) is 6.61 Å². The molecule has 1 aromatic carbocycles. The molecular weight excluding hydrogens is 224 g/mol. The normalized spacial score (nSPS) is 12.2. The quantitative estimate of drug-likeness (QED) is 0.684. The Morgan fingerprint density at radius 2 is 1.94 bits per heavy atom. The van der Waals surface area contributed by atoms with Crippen LogP contribution in [-0.4, -0.2) is 12.6 Å². The van der Waals surface area contributed by atoms with Gasteiger partial charge >= 0.3 is 0 Å². The van der Waals surface area contributed by atoms with Gasteiger partial charge in [0.25, 0.3) is 0 Å². The Hall–Kier alpha value is -1.38. The molecule has 1 atom stereocenters. The Labute approximate surface area is 111 Å². The first kappa shape index (κ1) is 14.7. The van der Waals surface area contributed by atoms with Crippen molar-refractivity contribution in [3.63, 3.8) is 0 Å². The third kappa shape index (κ3) is 4.86. The lowest BCUT2D eigenvalue weighted by Crippen LogP contribution is -2.18. The molecule has 1 unspecified atom stereocenters. The summed E-state index contributed by atoms with van der Waals surface area (Å²) in [6.07, 6.45) is 4.49. The number of nitrogens with two attached hydrogens (primary N) is 1. The van der Waals surface area contributed by atoms with E-state index in [0.717, 1.165) is 36.6 Å². The molecule has 1 rings (SSSR count). The van der Waals surface area contributed by atoms with Gasteiger partial charge in [-0.1, -0.05) is 27.2 Å². The van der Waals surface area contributed by atoms with E-state index in [0.29, 0.717) is 6.04 Å². The van der Waals surface area contributed by atoms with Gasteiger partial charge in [0.15, 0.2) is 0 Å². The minimum absolute atomic E-state index is 0.510. The van der Waals surface area contributed by atoms with Crippen LogP contribution in [0.3, 0.4) is 0 Å². The van der Waals surface area contributed by atoms with Crippen LogP contribution in [0.15, 0.2) is 18.2 Å². The Balaban J connectivity index is 2.71. The summed E-state index contributed by atoms with van der Waals surface area (Å²) in [5.74, 6) is 0.853. The molecule has 0 amide bonds. The second-order valence-electron chi connectivity index (χ2n) is 4.68. The molecule has 0 aliphatic carbocycles. The lowest BCUT2D eigenvalue weighted by molar-refractivity contribution is 0.318. The zero-order chi connectivity index (χ0) is 13.4. The van der Waals surface area contributed by atoms with E-state index in [1.165, 1.54) is 12.8 Å². The molecule has 0 aliphatic heterocycles. The highest BCUT2D eigenvalue weighted by atomic mass is 16.5. The van der Waals surface area contributed by atoms with Crippen molar-refractivity contribution in [1.82, 2.24) is 0 Å². The van der Waals surface area contributed by atoms with Crippen LogP contribution in [-0.2, 0) is 0 Å². The van der Waals surface area contributed by atoms with Crippen LogP contribution < -0.4 is 15.8 Å². The zero-order valence-corrected chi connectivity index (χ0v) is 11.8. The second kappa shape index (κ2) is 7.85. The van der Waals surface area contributed by atoms with Crippen molar-refractivity contribution >= 4 is 11.4 Å². The number of ether oxygens (including phenoxy) is 1. The number of hydrogen-bond donors (Lipinski definition) is 2. The number of hydrogen-bond acceptors (Lipinski definition) is 3. The third-order valence-electron chi connectivity index (χ3n) is 2.90. The van der Waals surface area contributed by atoms with Gasteiger partial charge in [-0.15, -0.1) is 0 Å². The van der Waals surface area contributed by atoms with Gasteiger partial charge in [-0.2, -0.15) is 0 Å². The van der Waals surface area contributed by atoms with Crippen LogP contribution >= 0.6 is 0 Å². The Morgan fingerprint density at radius 1 is 1.17 bits per heavy atom. The lowest BCUT2D eigenvalue weighted by Gasteiger charge is -2.18. The van der Waals surface area contributed by atoms with Crippen molar-refractivity contribution in [3.8, 4) is 5.75 Å². The van der Waals surface area contributed by atoms with E-state index in [4.69, 9.17) is 10.5 Å². The standard InChI is InChI=1S/C15H26N2O/c1-4-7-13(6-3)17-14-9-12(16)10-15(11-14)18-8-5-2/h9-11,13,17H,4-8,16H2,1-3H3. The highest BCUT2D eigenvalue weighted by Gasteiger charge is 2.06. The summed E-state index contributed by atoms with van der Waals surface area (Å²) in [6.45, 7) is 7.24. The molecule has 18 heavy (non-hydrogen) atoms. The fraction of sp³-hybridized carbons (Fsp3) is 0.600. The van der Waals surface area contributed by atoms with E-state index < -0.39 is 0 Å². The summed E-state index contributed by atoms with van der Waals surface area (Å²) in [5.41, 5.74) is 7.71. The number of anilines is 2. The smallest absolute Gasteiger partial charge is 0.123 e. The molecule has 0 radical (unpaired) electrons. The Bertz CT molecular complexity index is 352. The minimum atomic E-state index is 0.510. The molecule has 0 aliphatic rings. The van der Waals surface area contributed by atoms with E-state index >= 15 is 0 Å². The first-order chi connectivity index (χ1) is 8.69. The molecular formula is C15H26N2O. The van der Waals surface area contributed by atoms with E-state index in [1.807, 2.05) is 18.2 Å². The maximum absolute atomic E-state index is 5.90. The van der Waals surface area contributed by atoms with E-state index in [-0.39, 0.29) is 0 Å². The SMILES string of the molecule is CCCOc1cc(N)cc(NC(CC)CCC)c1. The topological polar surface area (TPSA) is 47.3 Å². The zero-order valence-electron chi connectivity index (χ0n) is 11.8. The number of nitrogen functional groups attached to an aromatic ring is 1. The summed E-state index contributed by atoms with van der Waals surface area (Å²) < 4.78 is 5.63. The van der Waals surface area contributed by atoms with Crippen molar-refractivity contribution in [1.29, 1.82) is 0 Å². The van der Waals surface area contributed by atoms with Crippen molar-refractivity contribution in [2.24, 2.45) is 0 Å². The van der Waals surface area contributed by atoms with Crippen LogP contribution in [0, 0.1) is 0 Å². The van der Waals surface area contributed by atoms with Gasteiger partial charge in [0.1, 0.15) is 5.75 Å². The average molecular weight is 250 g/mol. The predicted octanol–water partition coefficient (Wildman–Crippen LogP) is 4.05. The lowest BCUT2D eigenvalue weighted by atomic mass is 10.1. The number of benzene rings is 1. The largest absolute Gasteiger partial charge is 0.493 e. The highest BCUT2D eigenvalue weighted by molar-refractivity contribution is 5.59. The molecule has 3 nitrogen and oxygen atoms in total. The molecule has 0 heterocycles. The molecule has 0 saturated carbocycles. The minimum Gasteiger partial charge on any atom is -0.493 e. The molecule has 0 bridgehead atoms. The van der Waals surface area contributed by atoms with Gasteiger partial charge in [-0.25, -0.2) is 0 Å². The second-order valence-corrected chi connectivity index (χ2v) is 4.68. The summed E-state index contributed by atoms with van der Waals surface area (Å²) >= 11 is 0. The summed E-state index contributed by atoms with van der Waals surface area (Å²) in [5, 5.41) is 3.53. The third-order valence-corrected chi connectivity index (χ3v) is 2.90. The van der Waals surface area contributed by atoms with Crippen molar-refractivity contribution < 1.29 is 4.74 Å². The van der Waals surface area contributed by atoms with Crippen molar-refractivity contribution in [3.05, 3.63) is 18.2 Å². The predicted molar refractivity (Wildman–Crippen MR) is 79.3 cm³/mol. The Morgan fingerprint density at radius 3 is 2.56 bits per heavy atom. The molecule has 0 saturated heterocycles. The first-order valence-corrected chi connectivity index (χ1v) is 6.99. The average Bonchev–Trinajstić information content (AvgIpc) is 2.35. The maximum atomic E-state index is 5.90. The van der Waals surface area contributed by atoms with Crippen molar-refractivity contribution in [2.45, 2.75) is 52.5 Å². The van der Waals surface area contributed by atoms with E-state index in [9.17, 15) is 0 Å². The number of rotatable bonds is 8. The van der Waals surface area contributed by atoms with Crippen LogP contribution in [0.2, 0.25) is 0 Å². The molecule has 3 heteroatoms. The van der Waals surface area contributed by atoms with E-state index in [2.05, 4.69) is 26.1 Å². The van der Waals surface area contributed by atoms with Gasteiger partial charge in [-0.05, 0) is 25.3 Å². The van der Waals surface area contributed by atoms with Gasteiger partial charge in [0.2, 0.25) is 0 Å². The monoisotopic (exact) mass is 250 g/mol. The highest BCUT2D eigenvalue weighted by Crippen LogP contribution is 2.24. The fourth-order valence-corrected chi connectivity index (χ4v) is 1.97. The summed E-state index contributed by atoms with van der Waals surface area (Å²) in [4.78, 5) is 0. The van der Waals surface area contributed by atoms with Gasteiger partial charge in [-0.3, -0.25) is 0 Å². The van der Waals surface area contributed by atoms with Crippen LogP contribution in [0.4, 0.5) is 11.4 Å².